The summed E-state index contributed by atoms with van der Waals surface area (Å²) in [6.07, 6.45) is 1.76. The molecule has 0 spiro atoms. The Labute approximate surface area is 141 Å². The molecule has 0 saturated carbocycles. The van der Waals surface area contributed by atoms with Crippen LogP contribution in [0.15, 0.2) is 64.0 Å². The fraction of sp³-hybridized carbons (Fsp3) is 0.167. The highest BCUT2D eigenvalue weighted by Crippen LogP contribution is 2.35. The molecule has 3 aromatic rings. The highest BCUT2D eigenvalue weighted by molar-refractivity contribution is 7.89. The van der Waals surface area contributed by atoms with Crippen molar-refractivity contribution in [1.82, 2.24) is 5.16 Å². The molecule has 3 rings (SSSR count). The first-order valence-electron chi connectivity index (χ1n) is 7.68. The summed E-state index contributed by atoms with van der Waals surface area (Å²) in [7, 11) is -3.71. The summed E-state index contributed by atoms with van der Waals surface area (Å²) >= 11 is 0. The zero-order chi connectivity index (χ0) is 17.2. The molecule has 24 heavy (non-hydrogen) atoms. The maximum atomic E-state index is 11.4. The van der Waals surface area contributed by atoms with E-state index < -0.39 is 10.0 Å². The second-order valence-corrected chi connectivity index (χ2v) is 7.08. The molecule has 0 unspecified atom stereocenters. The first-order chi connectivity index (χ1) is 11.5. The summed E-state index contributed by atoms with van der Waals surface area (Å²) in [6.45, 7) is 2.09. The van der Waals surface area contributed by atoms with Crippen LogP contribution >= 0.6 is 0 Å². The lowest BCUT2D eigenvalue weighted by molar-refractivity contribution is 0.423. The van der Waals surface area contributed by atoms with Gasteiger partial charge in [-0.15, -0.1) is 0 Å². The number of rotatable bonds is 5. The number of primary sulfonamides is 1. The molecule has 2 N–H and O–H groups in total. The van der Waals surface area contributed by atoms with Crippen molar-refractivity contribution >= 4 is 10.0 Å². The second kappa shape index (κ2) is 6.59. The Balaban J connectivity index is 2.12. The van der Waals surface area contributed by atoms with Gasteiger partial charge in [-0.2, -0.15) is 0 Å². The maximum absolute atomic E-state index is 11.4. The van der Waals surface area contributed by atoms with Crippen molar-refractivity contribution in [1.29, 1.82) is 0 Å². The van der Waals surface area contributed by atoms with Crippen molar-refractivity contribution in [3.05, 3.63) is 60.3 Å². The van der Waals surface area contributed by atoms with Crippen molar-refractivity contribution in [2.45, 2.75) is 24.7 Å². The zero-order valence-electron chi connectivity index (χ0n) is 13.3. The van der Waals surface area contributed by atoms with Gasteiger partial charge in [0.2, 0.25) is 10.0 Å². The molecule has 0 aliphatic heterocycles. The molecule has 124 valence electrons. The number of nitrogens with two attached hydrogens (primary N) is 1. The van der Waals surface area contributed by atoms with E-state index in [4.69, 9.17) is 9.66 Å². The number of sulfonamides is 1. The van der Waals surface area contributed by atoms with E-state index in [1.54, 1.807) is 12.1 Å². The summed E-state index contributed by atoms with van der Waals surface area (Å²) in [5.74, 6) is 0.630. The third-order valence-corrected chi connectivity index (χ3v) is 4.69. The Bertz CT molecular complexity index is 930. The Morgan fingerprint density at radius 1 is 1.00 bits per heavy atom. The van der Waals surface area contributed by atoms with Crippen LogP contribution in [0.5, 0.6) is 0 Å². The number of hydrogen-bond donors (Lipinski definition) is 1. The Kier molecular flexibility index (Phi) is 4.51. The van der Waals surface area contributed by atoms with E-state index in [-0.39, 0.29) is 4.90 Å². The monoisotopic (exact) mass is 342 g/mol. The zero-order valence-corrected chi connectivity index (χ0v) is 14.1. The number of nitrogens with zero attached hydrogens (tertiary/aromatic N) is 1. The highest BCUT2D eigenvalue weighted by Gasteiger charge is 2.19. The van der Waals surface area contributed by atoms with Crippen LogP contribution in [0.4, 0.5) is 0 Å². The predicted octanol–water partition coefficient (Wildman–Crippen LogP) is 3.61. The van der Waals surface area contributed by atoms with Gasteiger partial charge in [0.1, 0.15) is 0 Å². The summed E-state index contributed by atoms with van der Waals surface area (Å²) in [5.41, 5.74) is 3.62. The maximum Gasteiger partial charge on any atom is 0.238 e. The molecule has 0 amide bonds. The molecule has 0 aliphatic rings. The summed E-state index contributed by atoms with van der Waals surface area (Å²) < 4.78 is 28.4. The smallest absolute Gasteiger partial charge is 0.238 e. The quantitative estimate of drug-likeness (QED) is 0.767. The minimum atomic E-state index is -3.71. The largest absolute Gasteiger partial charge is 0.355 e. The molecule has 0 radical (unpaired) electrons. The molecular formula is C18H18N2O3S. The minimum Gasteiger partial charge on any atom is -0.355 e. The van der Waals surface area contributed by atoms with Gasteiger partial charge in [-0.25, -0.2) is 13.6 Å². The molecule has 5 nitrogen and oxygen atoms in total. The standard InChI is InChI=1S/C18H18N2O3S/c1-2-6-16-17(13-7-4-3-5-8-13)18(23-20-16)14-9-11-15(12-10-14)24(19,21)22/h3-5,7-12H,2,6H2,1H3,(H2,19,21,22). The molecule has 0 aliphatic carbocycles. The van der Waals surface area contributed by atoms with E-state index >= 15 is 0 Å². The van der Waals surface area contributed by atoms with Gasteiger partial charge in [0.15, 0.2) is 5.76 Å². The van der Waals surface area contributed by atoms with Crippen LogP contribution in [0.25, 0.3) is 22.5 Å². The highest BCUT2D eigenvalue weighted by atomic mass is 32.2. The molecular weight excluding hydrogens is 324 g/mol. The van der Waals surface area contributed by atoms with Gasteiger partial charge in [-0.1, -0.05) is 48.8 Å². The average molecular weight is 342 g/mol. The van der Waals surface area contributed by atoms with Gasteiger partial charge in [-0.3, -0.25) is 0 Å². The van der Waals surface area contributed by atoms with Crippen molar-refractivity contribution in [2.75, 3.05) is 0 Å². The van der Waals surface area contributed by atoms with Gasteiger partial charge >= 0.3 is 0 Å². The molecule has 2 aromatic carbocycles. The topological polar surface area (TPSA) is 86.2 Å². The van der Waals surface area contributed by atoms with E-state index in [0.29, 0.717) is 5.76 Å². The third-order valence-electron chi connectivity index (χ3n) is 3.76. The summed E-state index contributed by atoms with van der Waals surface area (Å²) in [6, 6.07) is 16.2. The van der Waals surface area contributed by atoms with Crippen molar-refractivity contribution in [3.63, 3.8) is 0 Å². The van der Waals surface area contributed by atoms with Crippen LogP contribution in [-0.4, -0.2) is 13.6 Å². The van der Waals surface area contributed by atoms with Crippen LogP contribution in [0, 0.1) is 0 Å². The molecule has 6 heteroatoms. The van der Waals surface area contributed by atoms with Crippen LogP contribution < -0.4 is 5.14 Å². The lowest BCUT2D eigenvalue weighted by atomic mass is 9.98. The second-order valence-electron chi connectivity index (χ2n) is 5.52. The molecule has 1 heterocycles. The van der Waals surface area contributed by atoms with Crippen molar-refractivity contribution in [2.24, 2.45) is 5.14 Å². The van der Waals surface area contributed by atoms with Crippen molar-refractivity contribution in [3.8, 4) is 22.5 Å². The van der Waals surface area contributed by atoms with Gasteiger partial charge in [0.05, 0.1) is 16.2 Å². The van der Waals surface area contributed by atoms with E-state index in [2.05, 4.69) is 12.1 Å². The first kappa shape index (κ1) is 16.4. The van der Waals surface area contributed by atoms with Crippen LogP contribution in [0.2, 0.25) is 0 Å². The fourth-order valence-corrected chi connectivity index (χ4v) is 3.14. The predicted molar refractivity (Wildman–Crippen MR) is 92.7 cm³/mol. The van der Waals surface area contributed by atoms with E-state index in [1.807, 2.05) is 30.3 Å². The molecule has 0 atom stereocenters. The molecule has 0 saturated heterocycles. The van der Waals surface area contributed by atoms with Gasteiger partial charge in [0, 0.05) is 5.56 Å². The Morgan fingerprint density at radius 3 is 2.25 bits per heavy atom. The summed E-state index contributed by atoms with van der Waals surface area (Å²) in [5, 5.41) is 9.36. The Morgan fingerprint density at radius 2 is 1.67 bits per heavy atom. The third kappa shape index (κ3) is 3.25. The van der Waals surface area contributed by atoms with Crippen LogP contribution in [0.3, 0.4) is 0 Å². The summed E-state index contributed by atoms with van der Waals surface area (Å²) in [4.78, 5) is 0.0702. The van der Waals surface area contributed by atoms with Gasteiger partial charge in [-0.05, 0) is 36.2 Å². The van der Waals surface area contributed by atoms with E-state index in [1.165, 1.54) is 12.1 Å². The molecule has 1 aromatic heterocycles. The normalized spacial score (nSPS) is 11.6. The molecule has 0 bridgehead atoms. The van der Waals surface area contributed by atoms with E-state index in [9.17, 15) is 8.42 Å². The molecule has 0 fully saturated rings. The van der Waals surface area contributed by atoms with Crippen molar-refractivity contribution < 1.29 is 12.9 Å². The number of aryl methyl sites for hydroxylation is 1. The van der Waals surface area contributed by atoms with E-state index in [0.717, 1.165) is 35.2 Å². The lowest BCUT2D eigenvalue weighted by Crippen LogP contribution is -2.11. The lowest BCUT2D eigenvalue weighted by Gasteiger charge is -2.05. The van der Waals surface area contributed by atoms with Gasteiger partial charge in [0.25, 0.3) is 0 Å². The minimum absolute atomic E-state index is 0.0702. The van der Waals surface area contributed by atoms with Crippen LogP contribution in [-0.2, 0) is 16.4 Å². The number of aromatic nitrogens is 1. The average Bonchev–Trinajstić information content (AvgIpc) is 2.99. The first-order valence-corrected chi connectivity index (χ1v) is 9.22. The van der Waals surface area contributed by atoms with Crippen LogP contribution in [0.1, 0.15) is 19.0 Å². The fourth-order valence-electron chi connectivity index (χ4n) is 2.63. The Hall–Kier alpha value is -2.44. The SMILES string of the molecule is CCCc1noc(-c2ccc(S(N)(=O)=O)cc2)c1-c1ccccc1. The van der Waals surface area contributed by atoms with Gasteiger partial charge < -0.3 is 4.52 Å². The number of hydrogen-bond acceptors (Lipinski definition) is 4. The number of benzene rings is 2.